The number of ketones is 1. The second kappa shape index (κ2) is 7.10. The van der Waals surface area contributed by atoms with E-state index >= 15 is 0 Å². The van der Waals surface area contributed by atoms with E-state index in [1.54, 1.807) is 42.5 Å². The van der Waals surface area contributed by atoms with Gasteiger partial charge in [0, 0.05) is 5.69 Å². The van der Waals surface area contributed by atoms with Crippen LogP contribution in [0.2, 0.25) is 0 Å². The smallest absolute Gasteiger partial charge is 0.258 e. The molecule has 1 heterocycles. The van der Waals surface area contributed by atoms with E-state index < -0.39 is 24.1 Å². The molecule has 1 amide bonds. The van der Waals surface area contributed by atoms with Crippen molar-refractivity contribution in [3.8, 4) is 0 Å². The number of azo groups is 1. The van der Waals surface area contributed by atoms with Crippen molar-refractivity contribution in [2.75, 3.05) is 16.0 Å². The molecule has 0 aliphatic carbocycles. The standard InChI is InChI=1S/C17H17N5O3/c1-10(23)15(22-21-11-5-3-2-4-6-11)16(24)18-12-7-8-13-14(9-12)20-17(25)19-13/h2-9,15,17,19-20,25H,1H3,(H,18,24)/b22-21+. The number of rotatable bonds is 5. The third-order valence-corrected chi connectivity index (χ3v) is 3.55. The molecule has 4 N–H and O–H groups in total. The molecule has 2 atom stereocenters. The Labute approximate surface area is 144 Å². The van der Waals surface area contributed by atoms with E-state index in [-0.39, 0.29) is 0 Å². The number of Topliss-reactive ketones (excluding diaryl/α,β-unsaturated/α-hetero) is 1. The number of hydrogen-bond acceptors (Lipinski definition) is 7. The molecule has 0 spiro atoms. The van der Waals surface area contributed by atoms with Crippen LogP contribution in [0.5, 0.6) is 0 Å². The van der Waals surface area contributed by atoms with Crippen molar-refractivity contribution in [3.05, 3.63) is 48.5 Å². The zero-order valence-corrected chi connectivity index (χ0v) is 13.4. The summed E-state index contributed by atoms with van der Waals surface area (Å²) in [4.78, 5) is 24.1. The van der Waals surface area contributed by atoms with Crippen molar-refractivity contribution >= 4 is 34.4 Å². The lowest BCUT2D eigenvalue weighted by Crippen LogP contribution is -2.31. The van der Waals surface area contributed by atoms with Gasteiger partial charge >= 0.3 is 0 Å². The topological polar surface area (TPSA) is 115 Å². The summed E-state index contributed by atoms with van der Waals surface area (Å²) in [7, 11) is 0. The van der Waals surface area contributed by atoms with Crippen LogP contribution in [0.4, 0.5) is 22.7 Å². The Morgan fingerprint density at radius 3 is 2.56 bits per heavy atom. The van der Waals surface area contributed by atoms with Crippen LogP contribution in [-0.2, 0) is 9.59 Å². The first kappa shape index (κ1) is 16.6. The summed E-state index contributed by atoms with van der Waals surface area (Å²) in [5.41, 5.74) is 2.41. The number of nitrogens with one attached hydrogen (secondary N) is 3. The van der Waals surface area contributed by atoms with Crippen molar-refractivity contribution in [1.29, 1.82) is 0 Å². The first-order valence-electron chi connectivity index (χ1n) is 7.65. The van der Waals surface area contributed by atoms with Gasteiger partial charge in [0.2, 0.25) is 12.4 Å². The fourth-order valence-electron chi connectivity index (χ4n) is 2.35. The fraction of sp³-hybridized carbons (Fsp3) is 0.176. The summed E-state index contributed by atoms with van der Waals surface area (Å²) in [6, 6.07) is 12.7. The molecular formula is C17H17N5O3. The van der Waals surface area contributed by atoms with Gasteiger partial charge in [0.05, 0.1) is 17.1 Å². The monoisotopic (exact) mass is 339 g/mol. The predicted octanol–water partition coefficient (Wildman–Crippen LogP) is 2.48. The Morgan fingerprint density at radius 1 is 1.12 bits per heavy atom. The molecular weight excluding hydrogens is 322 g/mol. The Balaban J connectivity index is 1.72. The van der Waals surface area contributed by atoms with Gasteiger partial charge in [0.25, 0.3) is 5.91 Å². The lowest BCUT2D eigenvalue weighted by Gasteiger charge is -2.10. The van der Waals surface area contributed by atoms with Gasteiger partial charge in [-0.3, -0.25) is 9.59 Å². The van der Waals surface area contributed by atoms with E-state index in [2.05, 4.69) is 26.2 Å². The minimum atomic E-state index is -1.23. The minimum Gasteiger partial charge on any atom is -0.357 e. The number of carbonyl (C=O) groups excluding carboxylic acids is 2. The molecule has 0 saturated heterocycles. The van der Waals surface area contributed by atoms with Crippen LogP contribution in [0.25, 0.3) is 0 Å². The molecule has 3 rings (SSSR count). The maximum absolute atomic E-state index is 12.4. The fourth-order valence-corrected chi connectivity index (χ4v) is 2.35. The number of amides is 1. The zero-order valence-electron chi connectivity index (χ0n) is 13.4. The Morgan fingerprint density at radius 2 is 1.84 bits per heavy atom. The van der Waals surface area contributed by atoms with Crippen molar-refractivity contribution in [2.24, 2.45) is 10.2 Å². The van der Waals surface area contributed by atoms with Crippen LogP contribution in [0, 0.1) is 0 Å². The first-order chi connectivity index (χ1) is 12.0. The minimum absolute atomic E-state index is 0.409. The van der Waals surface area contributed by atoms with Crippen LogP contribution in [-0.4, -0.2) is 29.2 Å². The first-order valence-corrected chi connectivity index (χ1v) is 7.65. The van der Waals surface area contributed by atoms with Gasteiger partial charge in [0.15, 0.2) is 5.78 Å². The molecule has 1 aliphatic heterocycles. The number of benzene rings is 2. The summed E-state index contributed by atoms with van der Waals surface area (Å²) < 4.78 is 0. The van der Waals surface area contributed by atoms with E-state index in [1.165, 1.54) is 6.92 Å². The highest BCUT2D eigenvalue weighted by atomic mass is 16.3. The van der Waals surface area contributed by atoms with Crippen molar-refractivity contribution in [3.63, 3.8) is 0 Å². The molecule has 8 heteroatoms. The maximum Gasteiger partial charge on any atom is 0.258 e. The molecule has 2 aromatic carbocycles. The van der Waals surface area contributed by atoms with E-state index in [0.717, 1.165) is 5.69 Å². The maximum atomic E-state index is 12.4. The highest BCUT2D eigenvalue weighted by molar-refractivity contribution is 6.10. The quantitative estimate of drug-likeness (QED) is 0.493. The summed E-state index contributed by atoms with van der Waals surface area (Å²) in [5, 5.41) is 25.5. The number of fused-ring (bicyclic) bond motifs is 1. The number of hydrogen-bond donors (Lipinski definition) is 4. The van der Waals surface area contributed by atoms with Gasteiger partial charge < -0.3 is 21.1 Å². The number of carbonyl (C=O) groups is 2. The molecule has 1 aliphatic rings. The van der Waals surface area contributed by atoms with Gasteiger partial charge in [0.1, 0.15) is 0 Å². The largest absolute Gasteiger partial charge is 0.357 e. The molecule has 0 radical (unpaired) electrons. The number of aliphatic hydroxyl groups is 1. The van der Waals surface area contributed by atoms with E-state index in [9.17, 15) is 14.7 Å². The van der Waals surface area contributed by atoms with Crippen LogP contribution in [0.15, 0.2) is 58.8 Å². The average Bonchev–Trinajstić information content (AvgIpc) is 2.95. The second-order valence-corrected chi connectivity index (χ2v) is 5.51. The molecule has 128 valence electrons. The summed E-state index contributed by atoms with van der Waals surface area (Å²) in [6.45, 7) is 1.29. The summed E-state index contributed by atoms with van der Waals surface area (Å²) in [5.74, 6) is -0.979. The molecule has 0 aromatic heterocycles. The number of anilines is 3. The van der Waals surface area contributed by atoms with Crippen molar-refractivity contribution in [2.45, 2.75) is 19.3 Å². The van der Waals surface area contributed by atoms with Gasteiger partial charge in [-0.05, 0) is 37.3 Å². The normalized spacial score (nSPS) is 16.6. The molecule has 0 saturated carbocycles. The SMILES string of the molecule is CC(=O)C(/N=N/c1ccccc1)C(=O)Nc1ccc2c(c1)NC(O)N2. The summed E-state index contributed by atoms with van der Waals surface area (Å²) >= 11 is 0. The van der Waals surface area contributed by atoms with Crippen molar-refractivity contribution < 1.29 is 14.7 Å². The third kappa shape index (κ3) is 3.99. The van der Waals surface area contributed by atoms with E-state index in [4.69, 9.17) is 0 Å². The Bertz CT molecular complexity index is 822. The lowest BCUT2D eigenvalue weighted by molar-refractivity contribution is -0.126. The number of aliphatic hydroxyl groups excluding tert-OH is 1. The van der Waals surface area contributed by atoms with E-state index in [0.29, 0.717) is 17.1 Å². The van der Waals surface area contributed by atoms with Gasteiger partial charge in [-0.15, -0.1) is 0 Å². The van der Waals surface area contributed by atoms with Crippen LogP contribution in [0.3, 0.4) is 0 Å². The molecule has 25 heavy (non-hydrogen) atoms. The van der Waals surface area contributed by atoms with E-state index in [1.807, 2.05) is 6.07 Å². The van der Waals surface area contributed by atoms with Crippen LogP contribution < -0.4 is 16.0 Å². The molecule has 2 unspecified atom stereocenters. The van der Waals surface area contributed by atoms with Gasteiger partial charge in [-0.2, -0.15) is 10.2 Å². The average molecular weight is 339 g/mol. The van der Waals surface area contributed by atoms with Crippen LogP contribution >= 0.6 is 0 Å². The molecule has 0 fully saturated rings. The predicted molar refractivity (Wildman–Crippen MR) is 93.8 cm³/mol. The Hall–Kier alpha value is -3.26. The lowest BCUT2D eigenvalue weighted by atomic mass is 10.2. The van der Waals surface area contributed by atoms with Crippen LogP contribution in [0.1, 0.15) is 6.92 Å². The highest BCUT2D eigenvalue weighted by Gasteiger charge is 2.24. The third-order valence-electron chi connectivity index (χ3n) is 3.55. The van der Waals surface area contributed by atoms with Gasteiger partial charge in [-0.25, -0.2) is 0 Å². The number of nitrogens with zero attached hydrogens (tertiary/aromatic N) is 2. The summed E-state index contributed by atoms with van der Waals surface area (Å²) in [6.07, 6.45) is -0.870. The Kier molecular flexibility index (Phi) is 4.71. The molecule has 2 aromatic rings. The zero-order chi connectivity index (χ0) is 17.8. The highest BCUT2D eigenvalue weighted by Crippen LogP contribution is 2.31. The van der Waals surface area contributed by atoms with Gasteiger partial charge in [-0.1, -0.05) is 18.2 Å². The molecule has 0 bridgehead atoms. The van der Waals surface area contributed by atoms with Crippen molar-refractivity contribution in [1.82, 2.24) is 0 Å². The molecule has 8 nitrogen and oxygen atoms in total. The second-order valence-electron chi connectivity index (χ2n) is 5.51.